The number of hydrogen-bond donors (Lipinski definition) is 1. The number of nitrogens with zero attached hydrogens (tertiary/aromatic N) is 1. The molecule has 1 aromatic rings. The summed E-state index contributed by atoms with van der Waals surface area (Å²) in [6.07, 6.45) is 5.28. The molecule has 1 saturated heterocycles. The fraction of sp³-hybridized carbons (Fsp3) is 0.133. The highest BCUT2D eigenvalue weighted by molar-refractivity contribution is 8.26. The van der Waals surface area contributed by atoms with E-state index in [0.717, 1.165) is 22.2 Å². The summed E-state index contributed by atoms with van der Waals surface area (Å²) in [4.78, 5) is 24.7. The number of hydrogen-bond acceptors (Lipinski definition) is 4. The topological polar surface area (TPSA) is 57.6 Å². The zero-order chi connectivity index (χ0) is 15.4. The highest BCUT2D eigenvalue weighted by atomic mass is 32.2. The van der Waals surface area contributed by atoms with Crippen molar-refractivity contribution in [1.82, 2.24) is 4.90 Å². The van der Waals surface area contributed by atoms with Crippen molar-refractivity contribution < 1.29 is 14.7 Å². The van der Waals surface area contributed by atoms with Crippen molar-refractivity contribution in [3.8, 4) is 0 Å². The maximum Gasteiger partial charge on any atom is 0.326 e. The van der Waals surface area contributed by atoms with Crippen molar-refractivity contribution in [2.45, 2.75) is 13.0 Å². The van der Waals surface area contributed by atoms with Crippen molar-refractivity contribution in [3.05, 3.63) is 53.0 Å². The Bertz CT molecular complexity index is 638. The van der Waals surface area contributed by atoms with Gasteiger partial charge in [0.1, 0.15) is 10.4 Å². The third kappa shape index (κ3) is 3.59. The number of rotatable bonds is 4. The summed E-state index contributed by atoms with van der Waals surface area (Å²) in [5.41, 5.74) is 1.02. The van der Waals surface area contributed by atoms with E-state index in [2.05, 4.69) is 0 Å². The second kappa shape index (κ2) is 6.69. The van der Waals surface area contributed by atoms with Crippen LogP contribution in [0, 0.1) is 0 Å². The lowest BCUT2D eigenvalue weighted by atomic mass is 10.2. The van der Waals surface area contributed by atoms with E-state index in [0.29, 0.717) is 4.91 Å². The molecule has 0 spiro atoms. The summed E-state index contributed by atoms with van der Waals surface area (Å²) >= 11 is 6.19. The molecule has 1 fully saturated rings. The Kier molecular flexibility index (Phi) is 4.93. The van der Waals surface area contributed by atoms with Gasteiger partial charge in [-0.05, 0) is 18.6 Å². The standard InChI is InChI=1S/C15H13NO3S2/c1-10(14(18)19)16-13(17)12(21-15(16)20)9-5-8-11-6-3-2-4-7-11/h2-10H,1H3,(H,18,19)/b8-5+,12-9+/t10-/m0/s1. The predicted molar refractivity (Wildman–Crippen MR) is 87.7 cm³/mol. The SMILES string of the molecule is C[C@@H](C(=O)O)N1C(=O)/C(=C\C=C\c2ccccc2)SC1=S. The van der Waals surface area contributed by atoms with E-state index in [1.165, 1.54) is 6.92 Å². The van der Waals surface area contributed by atoms with Gasteiger partial charge in [0.25, 0.3) is 5.91 Å². The van der Waals surface area contributed by atoms with E-state index in [1.807, 2.05) is 36.4 Å². The third-order valence-corrected chi connectivity index (χ3v) is 4.25. The molecule has 1 N–H and O–H groups in total. The molecule has 0 aliphatic carbocycles. The summed E-state index contributed by atoms with van der Waals surface area (Å²) in [6.45, 7) is 1.44. The normalized spacial score (nSPS) is 18.7. The van der Waals surface area contributed by atoms with E-state index in [4.69, 9.17) is 17.3 Å². The second-order valence-electron chi connectivity index (χ2n) is 4.36. The lowest BCUT2D eigenvalue weighted by molar-refractivity contribution is -0.144. The lowest BCUT2D eigenvalue weighted by Gasteiger charge is -2.18. The van der Waals surface area contributed by atoms with Crippen LogP contribution in [0.4, 0.5) is 0 Å². The van der Waals surface area contributed by atoms with E-state index in [9.17, 15) is 9.59 Å². The number of carbonyl (C=O) groups excluding carboxylic acids is 1. The monoisotopic (exact) mass is 319 g/mol. The number of carboxylic acids is 1. The maximum atomic E-state index is 12.2. The number of thioether (sulfide) groups is 1. The molecule has 0 bridgehead atoms. The molecule has 1 aliphatic heterocycles. The number of carboxylic acid groups (broad SMARTS) is 1. The smallest absolute Gasteiger partial charge is 0.326 e. The summed E-state index contributed by atoms with van der Waals surface area (Å²) in [7, 11) is 0. The van der Waals surface area contributed by atoms with Crippen LogP contribution in [0.5, 0.6) is 0 Å². The van der Waals surface area contributed by atoms with Gasteiger partial charge in [-0.15, -0.1) is 0 Å². The largest absolute Gasteiger partial charge is 0.480 e. The number of thiocarbonyl (C=S) groups is 1. The van der Waals surface area contributed by atoms with Crippen LogP contribution in [0.2, 0.25) is 0 Å². The molecule has 1 heterocycles. The Labute approximate surface area is 132 Å². The molecule has 4 nitrogen and oxygen atoms in total. The van der Waals surface area contributed by atoms with Gasteiger partial charge in [0, 0.05) is 0 Å². The van der Waals surface area contributed by atoms with Crippen LogP contribution in [-0.2, 0) is 9.59 Å². The first-order chi connectivity index (χ1) is 10.0. The van der Waals surface area contributed by atoms with Crippen molar-refractivity contribution >= 4 is 46.3 Å². The Morgan fingerprint density at radius 2 is 2.05 bits per heavy atom. The van der Waals surface area contributed by atoms with E-state index in [1.54, 1.807) is 12.2 Å². The van der Waals surface area contributed by atoms with E-state index >= 15 is 0 Å². The van der Waals surface area contributed by atoms with E-state index < -0.39 is 12.0 Å². The van der Waals surface area contributed by atoms with Gasteiger partial charge in [-0.3, -0.25) is 9.69 Å². The van der Waals surface area contributed by atoms with Crippen LogP contribution in [0.15, 0.2) is 47.4 Å². The molecule has 0 unspecified atom stereocenters. The Morgan fingerprint density at radius 1 is 1.38 bits per heavy atom. The number of aliphatic carboxylic acids is 1. The molecule has 6 heteroatoms. The number of carbonyl (C=O) groups is 2. The first kappa shape index (κ1) is 15.5. The minimum Gasteiger partial charge on any atom is -0.480 e. The molecule has 2 rings (SSSR count). The predicted octanol–water partition coefficient (Wildman–Crippen LogP) is 2.92. The average molecular weight is 319 g/mol. The van der Waals surface area contributed by atoms with Gasteiger partial charge in [0.15, 0.2) is 0 Å². The van der Waals surface area contributed by atoms with Gasteiger partial charge < -0.3 is 5.11 Å². The average Bonchev–Trinajstić information content (AvgIpc) is 2.74. The van der Waals surface area contributed by atoms with Crippen LogP contribution in [0.25, 0.3) is 6.08 Å². The van der Waals surface area contributed by atoms with Gasteiger partial charge in [-0.25, -0.2) is 4.79 Å². The highest BCUT2D eigenvalue weighted by Gasteiger charge is 2.37. The van der Waals surface area contributed by atoms with Crippen molar-refractivity contribution in [2.75, 3.05) is 0 Å². The number of allylic oxidation sites excluding steroid dienone is 2. The van der Waals surface area contributed by atoms with Crippen LogP contribution in [0.3, 0.4) is 0 Å². The highest BCUT2D eigenvalue weighted by Crippen LogP contribution is 2.32. The Hall–Kier alpha value is -1.92. The summed E-state index contributed by atoms with van der Waals surface area (Å²) in [6, 6.07) is 8.71. The Balaban J connectivity index is 2.14. The summed E-state index contributed by atoms with van der Waals surface area (Å²) < 4.78 is 0.272. The minimum absolute atomic E-state index is 0.272. The fourth-order valence-corrected chi connectivity index (χ4v) is 3.12. The van der Waals surface area contributed by atoms with Crippen LogP contribution >= 0.6 is 24.0 Å². The van der Waals surface area contributed by atoms with E-state index in [-0.39, 0.29) is 10.2 Å². The van der Waals surface area contributed by atoms with Crippen molar-refractivity contribution in [3.63, 3.8) is 0 Å². The summed E-state index contributed by atoms with van der Waals surface area (Å²) in [5, 5.41) is 8.99. The zero-order valence-corrected chi connectivity index (χ0v) is 12.9. The van der Waals surface area contributed by atoms with Crippen LogP contribution in [-0.4, -0.2) is 32.2 Å². The molecule has 1 aromatic carbocycles. The van der Waals surface area contributed by atoms with Gasteiger partial charge >= 0.3 is 5.97 Å². The first-order valence-electron chi connectivity index (χ1n) is 6.22. The molecule has 1 atom stereocenters. The van der Waals surface area contributed by atoms with Gasteiger partial charge in [-0.2, -0.15) is 0 Å². The second-order valence-corrected chi connectivity index (χ2v) is 6.03. The molecule has 0 saturated carbocycles. The van der Waals surface area contributed by atoms with Gasteiger partial charge in [0.05, 0.1) is 4.91 Å². The summed E-state index contributed by atoms with van der Waals surface area (Å²) in [5.74, 6) is -1.44. The molecule has 1 amide bonds. The molecule has 108 valence electrons. The lowest BCUT2D eigenvalue weighted by Crippen LogP contribution is -2.41. The number of amides is 1. The zero-order valence-electron chi connectivity index (χ0n) is 11.2. The molecule has 21 heavy (non-hydrogen) atoms. The van der Waals surface area contributed by atoms with Crippen molar-refractivity contribution in [2.24, 2.45) is 0 Å². The Morgan fingerprint density at radius 3 is 2.67 bits per heavy atom. The molecular formula is C15H13NO3S2. The molecule has 0 aromatic heterocycles. The fourth-order valence-electron chi connectivity index (χ4n) is 1.75. The molecule has 0 radical (unpaired) electrons. The molecular weight excluding hydrogens is 306 g/mol. The number of benzene rings is 1. The molecule has 1 aliphatic rings. The van der Waals surface area contributed by atoms with Gasteiger partial charge in [-0.1, -0.05) is 66.5 Å². The quantitative estimate of drug-likeness (QED) is 0.683. The van der Waals surface area contributed by atoms with Gasteiger partial charge in [0.2, 0.25) is 0 Å². The van der Waals surface area contributed by atoms with Crippen molar-refractivity contribution in [1.29, 1.82) is 0 Å². The maximum absolute atomic E-state index is 12.2. The first-order valence-corrected chi connectivity index (χ1v) is 7.45. The minimum atomic E-state index is -1.08. The third-order valence-electron chi connectivity index (χ3n) is 2.90. The van der Waals surface area contributed by atoms with Crippen LogP contribution < -0.4 is 0 Å². The van der Waals surface area contributed by atoms with Crippen LogP contribution in [0.1, 0.15) is 12.5 Å².